The molecule has 0 amide bonds. The van der Waals surface area contributed by atoms with Crippen LogP contribution < -0.4 is 5.32 Å². The van der Waals surface area contributed by atoms with Crippen molar-refractivity contribution in [2.75, 3.05) is 11.9 Å². The topological polar surface area (TPSA) is 55.2 Å². The molecule has 0 unspecified atom stereocenters. The predicted molar refractivity (Wildman–Crippen MR) is 84.4 cm³/mol. The maximum absolute atomic E-state index is 11.1. The van der Waals surface area contributed by atoms with Gasteiger partial charge in [0.15, 0.2) is 0 Å². The first-order valence-corrected chi connectivity index (χ1v) is 7.55. The molecule has 0 aliphatic rings. The van der Waals surface area contributed by atoms with E-state index in [0.29, 0.717) is 5.69 Å². The lowest BCUT2D eigenvalue weighted by atomic mass is 10.1. The maximum Gasteiger partial charge on any atom is 0.292 e. The molecule has 0 saturated heterocycles. The van der Waals surface area contributed by atoms with Crippen LogP contribution in [0.15, 0.2) is 12.1 Å². The summed E-state index contributed by atoms with van der Waals surface area (Å²) in [4.78, 5) is 10.7. The lowest BCUT2D eigenvalue weighted by Crippen LogP contribution is -2.05. The van der Waals surface area contributed by atoms with Crippen molar-refractivity contribution in [1.29, 1.82) is 0 Å². The number of nitro benzene ring substituents is 1. The Kier molecular flexibility index (Phi) is 7.05. The van der Waals surface area contributed by atoms with Gasteiger partial charge in [0.25, 0.3) is 5.69 Å². The molecule has 1 rings (SSSR count). The van der Waals surface area contributed by atoms with Gasteiger partial charge in [0.1, 0.15) is 5.69 Å². The number of aryl methyl sites for hydroxylation is 2. The third-order valence-electron chi connectivity index (χ3n) is 3.65. The van der Waals surface area contributed by atoms with Gasteiger partial charge >= 0.3 is 0 Å². The van der Waals surface area contributed by atoms with Crippen molar-refractivity contribution in [3.8, 4) is 0 Å². The highest BCUT2D eigenvalue weighted by Gasteiger charge is 2.14. The molecule has 0 heterocycles. The summed E-state index contributed by atoms with van der Waals surface area (Å²) in [5.74, 6) is 0. The second-order valence-corrected chi connectivity index (χ2v) is 5.41. The van der Waals surface area contributed by atoms with Crippen LogP contribution in [0.1, 0.15) is 56.6 Å². The molecule has 0 aliphatic heterocycles. The van der Waals surface area contributed by atoms with Gasteiger partial charge in [0.2, 0.25) is 0 Å². The van der Waals surface area contributed by atoms with Crippen LogP contribution in [0.5, 0.6) is 0 Å². The quantitative estimate of drug-likeness (QED) is 0.393. The fraction of sp³-hybridized carbons (Fsp3) is 0.625. The van der Waals surface area contributed by atoms with E-state index >= 15 is 0 Å². The Morgan fingerprint density at radius 1 is 1.05 bits per heavy atom. The van der Waals surface area contributed by atoms with Crippen LogP contribution in [0.25, 0.3) is 0 Å². The Labute approximate surface area is 121 Å². The molecule has 0 fully saturated rings. The fourth-order valence-electron chi connectivity index (χ4n) is 2.22. The van der Waals surface area contributed by atoms with Crippen LogP contribution >= 0.6 is 0 Å². The van der Waals surface area contributed by atoms with E-state index < -0.39 is 0 Å². The molecule has 20 heavy (non-hydrogen) atoms. The number of hydrogen-bond acceptors (Lipinski definition) is 3. The Balaban J connectivity index is 2.47. The number of nitrogens with zero attached hydrogens (tertiary/aromatic N) is 1. The van der Waals surface area contributed by atoms with E-state index in [9.17, 15) is 10.1 Å². The summed E-state index contributed by atoms with van der Waals surface area (Å²) in [5, 5.41) is 14.3. The first-order valence-electron chi connectivity index (χ1n) is 7.55. The zero-order valence-electron chi connectivity index (χ0n) is 12.9. The normalized spacial score (nSPS) is 10.6. The van der Waals surface area contributed by atoms with Gasteiger partial charge in [-0.3, -0.25) is 10.1 Å². The van der Waals surface area contributed by atoms with Gasteiger partial charge in [0.05, 0.1) is 4.92 Å². The lowest BCUT2D eigenvalue weighted by molar-refractivity contribution is -0.384. The predicted octanol–water partition coefficient (Wildman–Crippen LogP) is 4.98. The Morgan fingerprint density at radius 2 is 1.65 bits per heavy atom. The van der Waals surface area contributed by atoms with E-state index in [1.165, 1.54) is 32.1 Å². The molecular weight excluding hydrogens is 252 g/mol. The summed E-state index contributed by atoms with van der Waals surface area (Å²) in [6, 6.07) is 3.53. The van der Waals surface area contributed by atoms with Gasteiger partial charge in [-0.1, -0.05) is 39.0 Å². The second kappa shape index (κ2) is 8.56. The molecule has 4 nitrogen and oxygen atoms in total. The molecule has 112 valence electrons. The van der Waals surface area contributed by atoms with E-state index in [1.807, 2.05) is 19.9 Å². The third kappa shape index (κ3) is 5.19. The van der Waals surface area contributed by atoms with Crippen LogP contribution in [0.3, 0.4) is 0 Å². The minimum Gasteiger partial charge on any atom is -0.379 e. The number of nitro groups is 1. The first kappa shape index (κ1) is 16.5. The summed E-state index contributed by atoms with van der Waals surface area (Å²) in [6.45, 7) is 6.89. The van der Waals surface area contributed by atoms with Gasteiger partial charge in [-0.05, 0) is 37.5 Å². The minimum absolute atomic E-state index is 0.180. The highest BCUT2D eigenvalue weighted by Crippen LogP contribution is 2.27. The van der Waals surface area contributed by atoms with E-state index in [4.69, 9.17) is 0 Å². The van der Waals surface area contributed by atoms with Crippen molar-refractivity contribution in [2.45, 2.75) is 59.3 Å². The molecule has 0 spiro atoms. The van der Waals surface area contributed by atoms with E-state index in [2.05, 4.69) is 12.2 Å². The number of hydrogen-bond donors (Lipinski definition) is 1. The summed E-state index contributed by atoms with van der Waals surface area (Å²) >= 11 is 0. The Morgan fingerprint density at radius 3 is 2.30 bits per heavy atom. The van der Waals surface area contributed by atoms with Crippen molar-refractivity contribution in [1.82, 2.24) is 0 Å². The SMILES string of the molecule is CCCCCCCCNc1cc(C)c(C)cc1[N+](=O)[O-]. The van der Waals surface area contributed by atoms with Crippen LogP contribution in [0.4, 0.5) is 11.4 Å². The highest BCUT2D eigenvalue weighted by molar-refractivity contribution is 5.64. The molecular formula is C16H26N2O2. The van der Waals surface area contributed by atoms with Gasteiger partial charge in [0, 0.05) is 12.6 Å². The molecule has 0 bridgehead atoms. The number of anilines is 1. The lowest BCUT2D eigenvalue weighted by Gasteiger charge is -2.09. The molecule has 4 heteroatoms. The van der Waals surface area contributed by atoms with E-state index in [0.717, 1.165) is 24.1 Å². The molecule has 1 aromatic carbocycles. The summed E-state index contributed by atoms with van der Waals surface area (Å²) in [6.07, 6.45) is 7.35. The molecule has 0 saturated carbocycles. The molecule has 0 aromatic heterocycles. The number of rotatable bonds is 9. The average Bonchev–Trinajstić information content (AvgIpc) is 2.41. The van der Waals surface area contributed by atoms with Crippen LogP contribution in [-0.4, -0.2) is 11.5 Å². The average molecular weight is 278 g/mol. The van der Waals surface area contributed by atoms with Crippen molar-refractivity contribution < 1.29 is 4.92 Å². The molecule has 0 atom stereocenters. The van der Waals surface area contributed by atoms with Crippen molar-refractivity contribution in [3.05, 3.63) is 33.4 Å². The van der Waals surface area contributed by atoms with Gasteiger partial charge in [-0.25, -0.2) is 0 Å². The monoisotopic (exact) mass is 278 g/mol. The third-order valence-corrected chi connectivity index (χ3v) is 3.65. The van der Waals surface area contributed by atoms with Crippen LogP contribution in [0, 0.1) is 24.0 Å². The molecule has 1 aromatic rings. The molecule has 0 radical (unpaired) electrons. The van der Waals surface area contributed by atoms with Crippen molar-refractivity contribution in [2.24, 2.45) is 0 Å². The van der Waals surface area contributed by atoms with Gasteiger partial charge < -0.3 is 5.32 Å². The largest absolute Gasteiger partial charge is 0.379 e. The van der Waals surface area contributed by atoms with E-state index in [-0.39, 0.29) is 10.6 Å². The first-order chi connectivity index (χ1) is 9.56. The number of benzene rings is 1. The van der Waals surface area contributed by atoms with Gasteiger partial charge in [-0.2, -0.15) is 0 Å². The molecule has 1 N–H and O–H groups in total. The summed E-state index contributed by atoms with van der Waals surface area (Å²) in [5.41, 5.74) is 2.87. The van der Waals surface area contributed by atoms with Crippen LogP contribution in [-0.2, 0) is 0 Å². The molecule has 0 aliphatic carbocycles. The summed E-state index contributed by atoms with van der Waals surface area (Å²) < 4.78 is 0. The fourth-order valence-corrected chi connectivity index (χ4v) is 2.22. The standard InChI is InChI=1S/C16H26N2O2/c1-4-5-6-7-8-9-10-17-15-11-13(2)14(3)12-16(15)18(19)20/h11-12,17H,4-10H2,1-3H3. The van der Waals surface area contributed by atoms with Crippen molar-refractivity contribution in [3.63, 3.8) is 0 Å². The smallest absolute Gasteiger partial charge is 0.292 e. The van der Waals surface area contributed by atoms with Crippen molar-refractivity contribution >= 4 is 11.4 Å². The Bertz CT molecular complexity index is 444. The Hall–Kier alpha value is -1.58. The maximum atomic E-state index is 11.1. The van der Waals surface area contributed by atoms with Crippen LogP contribution in [0.2, 0.25) is 0 Å². The second-order valence-electron chi connectivity index (χ2n) is 5.41. The zero-order valence-corrected chi connectivity index (χ0v) is 12.9. The highest BCUT2D eigenvalue weighted by atomic mass is 16.6. The number of nitrogens with one attached hydrogen (secondary N) is 1. The number of unbranched alkanes of at least 4 members (excludes halogenated alkanes) is 5. The van der Waals surface area contributed by atoms with Gasteiger partial charge in [-0.15, -0.1) is 0 Å². The van der Waals surface area contributed by atoms with E-state index in [1.54, 1.807) is 6.07 Å². The zero-order chi connectivity index (χ0) is 15.0. The summed E-state index contributed by atoms with van der Waals surface area (Å²) in [7, 11) is 0. The minimum atomic E-state index is -0.310.